The Balaban J connectivity index is 0.00000133. The highest BCUT2D eigenvalue weighted by molar-refractivity contribution is 6.31. The maximum atomic E-state index is 6.37. The van der Waals surface area contributed by atoms with Crippen molar-refractivity contribution in [3.63, 3.8) is 0 Å². The Kier molecular flexibility index (Phi) is 4.99. The van der Waals surface area contributed by atoms with Gasteiger partial charge in [0.05, 0.1) is 7.11 Å². The molecule has 0 spiro atoms. The van der Waals surface area contributed by atoms with Crippen molar-refractivity contribution in [2.45, 2.75) is 38.1 Å². The highest BCUT2D eigenvalue weighted by Crippen LogP contribution is 2.43. The lowest BCUT2D eigenvalue weighted by Crippen LogP contribution is -2.29. The second kappa shape index (κ2) is 6.34. The first-order valence-corrected chi connectivity index (χ1v) is 7.28. The molecule has 1 heterocycles. The first-order valence-electron chi connectivity index (χ1n) is 6.90. The maximum Gasteiger partial charge on any atom is 0.124 e. The molecule has 0 amide bonds. The van der Waals surface area contributed by atoms with Crippen molar-refractivity contribution in [1.29, 1.82) is 0 Å². The Morgan fingerprint density at radius 2 is 1.95 bits per heavy atom. The molecule has 106 valence electrons. The van der Waals surface area contributed by atoms with Crippen molar-refractivity contribution in [3.05, 3.63) is 28.3 Å². The predicted octanol–water partition coefficient (Wildman–Crippen LogP) is 4.24. The molecule has 1 aromatic rings. The van der Waals surface area contributed by atoms with Crippen molar-refractivity contribution >= 4 is 24.0 Å². The molecule has 1 aromatic carbocycles. The minimum absolute atomic E-state index is 0. The number of ether oxygens (including phenoxy) is 1. The summed E-state index contributed by atoms with van der Waals surface area (Å²) in [5.74, 6) is 1.02. The molecule has 1 aliphatic carbocycles. The van der Waals surface area contributed by atoms with Gasteiger partial charge in [0.2, 0.25) is 0 Å². The molecular formula is C15H21Cl2NO. The van der Waals surface area contributed by atoms with Gasteiger partial charge in [-0.2, -0.15) is 0 Å². The zero-order valence-corrected chi connectivity index (χ0v) is 12.9. The average Bonchev–Trinajstić information content (AvgIpc) is 2.93. The second-order valence-electron chi connectivity index (χ2n) is 5.29. The lowest BCUT2D eigenvalue weighted by atomic mass is 9.86. The summed E-state index contributed by atoms with van der Waals surface area (Å²) in [7, 11) is 1.76. The Hall–Kier alpha value is -0.440. The van der Waals surface area contributed by atoms with Crippen LogP contribution in [-0.4, -0.2) is 25.1 Å². The summed E-state index contributed by atoms with van der Waals surface area (Å²) in [5.41, 5.74) is 2.68. The van der Waals surface area contributed by atoms with Gasteiger partial charge in [0, 0.05) is 16.6 Å². The molecule has 0 bridgehead atoms. The summed E-state index contributed by atoms with van der Waals surface area (Å²) in [4.78, 5) is 2.61. The van der Waals surface area contributed by atoms with Gasteiger partial charge in [-0.05, 0) is 62.9 Å². The maximum absolute atomic E-state index is 6.37. The van der Waals surface area contributed by atoms with E-state index in [0.29, 0.717) is 6.04 Å². The van der Waals surface area contributed by atoms with Crippen LogP contribution in [0.2, 0.25) is 5.02 Å². The molecule has 4 heteroatoms. The Labute approximate surface area is 126 Å². The molecule has 2 aliphatic rings. The van der Waals surface area contributed by atoms with E-state index in [2.05, 4.69) is 4.90 Å². The standard InChI is InChI=1S/C15H20ClNO.ClH/c1-18-14-8-7-12(16)11-5-4-6-13(15(11)14)17-9-2-3-10-17;/h7-8,13H,2-6,9-10H2,1H3;1H. The van der Waals surface area contributed by atoms with Gasteiger partial charge in [-0.25, -0.2) is 0 Å². The molecule has 1 saturated heterocycles. The van der Waals surface area contributed by atoms with Gasteiger partial charge in [0.1, 0.15) is 5.75 Å². The molecule has 1 unspecified atom stereocenters. The van der Waals surface area contributed by atoms with E-state index in [0.717, 1.165) is 17.2 Å². The van der Waals surface area contributed by atoms with Crippen LogP contribution < -0.4 is 4.74 Å². The van der Waals surface area contributed by atoms with Gasteiger partial charge in [0.25, 0.3) is 0 Å². The number of fused-ring (bicyclic) bond motifs is 1. The fourth-order valence-electron chi connectivity index (χ4n) is 3.45. The van der Waals surface area contributed by atoms with E-state index in [-0.39, 0.29) is 12.4 Å². The van der Waals surface area contributed by atoms with Crippen LogP contribution in [-0.2, 0) is 6.42 Å². The van der Waals surface area contributed by atoms with Gasteiger partial charge >= 0.3 is 0 Å². The summed E-state index contributed by atoms with van der Waals surface area (Å²) in [6.07, 6.45) is 6.23. The zero-order valence-electron chi connectivity index (χ0n) is 11.3. The fraction of sp³-hybridized carbons (Fsp3) is 0.600. The first kappa shape index (κ1) is 15.0. The van der Waals surface area contributed by atoms with Crippen molar-refractivity contribution in [2.24, 2.45) is 0 Å². The highest BCUT2D eigenvalue weighted by atomic mass is 35.5. The summed E-state index contributed by atoms with van der Waals surface area (Å²) in [5, 5.41) is 0.912. The minimum Gasteiger partial charge on any atom is -0.496 e. The second-order valence-corrected chi connectivity index (χ2v) is 5.70. The van der Waals surface area contributed by atoms with Crippen LogP contribution in [0.3, 0.4) is 0 Å². The summed E-state index contributed by atoms with van der Waals surface area (Å²) < 4.78 is 5.57. The van der Waals surface area contributed by atoms with Crippen LogP contribution in [0, 0.1) is 0 Å². The van der Waals surface area contributed by atoms with E-state index >= 15 is 0 Å². The van der Waals surface area contributed by atoms with Gasteiger partial charge in [-0.1, -0.05) is 11.6 Å². The molecule has 2 nitrogen and oxygen atoms in total. The SMILES string of the molecule is COc1ccc(Cl)c2c1C(N1CCCC1)CCC2.Cl. The third-order valence-corrected chi connectivity index (χ3v) is 4.65. The zero-order chi connectivity index (χ0) is 12.5. The van der Waals surface area contributed by atoms with Crippen LogP contribution >= 0.6 is 24.0 Å². The third-order valence-electron chi connectivity index (χ3n) is 4.30. The number of likely N-dealkylation sites (tertiary alicyclic amines) is 1. The van der Waals surface area contributed by atoms with Crippen molar-refractivity contribution < 1.29 is 4.74 Å². The monoisotopic (exact) mass is 301 g/mol. The number of rotatable bonds is 2. The van der Waals surface area contributed by atoms with E-state index in [1.54, 1.807) is 7.11 Å². The topological polar surface area (TPSA) is 12.5 Å². The Morgan fingerprint density at radius 3 is 2.63 bits per heavy atom. The van der Waals surface area contributed by atoms with Crippen molar-refractivity contribution in [1.82, 2.24) is 4.90 Å². The minimum atomic E-state index is 0. The first-order chi connectivity index (χ1) is 8.81. The van der Waals surface area contributed by atoms with Gasteiger partial charge in [-0.15, -0.1) is 12.4 Å². The van der Waals surface area contributed by atoms with Crippen LogP contribution in [0.5, 0.6) is 5.75 Å². The van der Waals surface area contributed by atoms with Crippen LogP contribution in [0.25, 0.3) is 0 Å². The predicted molar refractivity (Wildman–Crippen MR) is 81.7 cm³/mol. The molecule has 0 radical (unpaired) electrons. The van der Waals surface area contributed by atoms with Crippen LogP contribution in [0.15, 0.2) is 12.1 Å². The lowest BCUT2D eigenvalue weighted by molar-refractivity contribution is 0.216. The molecule has 0 aromatic heterocycles. The van der Waals surface area contributed by atoms with E-state index < -0.39 is 0 Å². The average molecular weight is 302 g/mol. The number of halogens is 2. The molecule has 0 saturated carbocycles. The number of hydrogen-bond donors (Lipinski definition) is 0. The van der Waals surface area contributed by atoms with Gasteiger partial charge < -0.3 is 4.74 Å². The molecule has 0 N–H and O–H groups in total. The molecule has 1 fully saturated rings. The number of hydrogen-bond acceptors (Lipinski definition) is 2. The molecular weight excluding hydrogens is 281 g/mol. The quantitative estimate of drug-likeness (QED) is 0.810. The van der Waals surface area contributed by atoms with Crippen LogP contribution in [0.4, 0.5) is 0 Å². The number of benzene rings is 1. The molecule has 1 atom stereocenters. The highest BCUT2D eigenvalue weighted by Gasteiger charge is 2.31. The molecule has 3 rings (SSSR count). The number of methoxy groups -OCH3 is 1. The Morgan fingerprint density at radius 1 is 1.21 bits per heavy atom. The smallest absolute Gasteiger partial charge is 0.124 e. The van der Waals surface area contributed by atoms with Crippen molar-refractivity contribution in [3.8, 4) is 5.75 Å². The van der Waals surface area contributed by atoms with Gasteiger partial charge in [0.15, 0.2) is 0 Å². The summed E-state index contributed by atoms with van der Waals surface area (Å²) in [6.45, 7) is 2.44. The Bertz CT molecular complexity index is 444. The van der Waals surface area contributed by atoms with E-state index in [4.69, 9.17) is 16.3 Å². The van der Waals surface area contributed by atoms with E-state index in [9.17, 15) is 0 Å². The van der Waals surface area contributed by atoms with Gasteiger partial charge in [-0.3, -0.25) is 4.90 Å². The van der Waals surface area contributed by atoms with Crippen LogP contribution in [0.1, 0.15) is 42.9 Å². The summed E-state index contributed by atoms with van der Waals surface area (Å²) in [6, 6.07) is 4.52. The van der Waals surface area contributed by atoms with E-state index in [1.165, 1.54) is 49.9 Å². The molecule has 19 heavy (non-hydrogen) atoms. The number of nitrogens with zero attached hydrogens (tertiary/aromatic N) is 1. The normalized spacial score (nSPS) is 22.7. The third kappa shape index (κ3) is 2.72. The summed E-state index contributed by atoms with van der Waals surface area (Å²) >= 11 is 6.37. The largest absolute Gasteiger partial charge is 0.496 e. The molecule has 1 aliphatic heterocycles. The fourth-order valence-corrected chi connectivity index (χ4v) is 3.71. The van der Waals surface area contributed by atoms with E-state index in [1.807, 2.05) is 12.1 Å². The lowest BCUT2D eigenvalue weighted by Gasteiger charge is -2.34. The van der Waals surface area contributed by atoms with Crippen molar-refractivity contribution in [2.75, 3.05) is 20.2 Å².